The highest BCUT2D eigenvalue weighted by molar-refractivity contribution is 9.10. The van der Waals surface area contributed by atoms with E-state index in [1.54, 1.807) is 12.1 Å². The lowest BCUT2D eigenvalue weighted by atomic mass is 9.84. The molecule has 1 saturated carbocycles. The van der Waals surface area contributed by atoms with Gasteiger partial charge in [-0.1, -0.05) is 19.4 Å². The maximum atomic E-state index is 11.0. The quantitative estimate of drug-likeness (QED) is 0.565. The van der Waals surface area contributed by atoms with Crippen molar-refractivity contribution in [1.29, 1.82) is 0 Å². The molecule has 1 aliphatic carbocycles. The van der Waals surface area contributed by atoms with E-state index in [1.165, 1.54) is 32.1 Å². The number of nitro groups is 1. The van der Waals surface area contributed by atoms with Crippen molar-refractivity contribution in [2.45, 2.75) is 51.6 Å². The molecule has 0 aliphatic heterocycles. The van der Waals surface area contributed by atoms with Crippen molar-refractivity contribution in [2.24, 2.45) is 5.92 Å². The summed E-state index contributed by atoms with van der Waals surface area (Å²) in [5.74, 6) is 0.892. The Morgan fingerprint density at radius 1 is 1.33 bits per heavy atom. The van der Waals surface area contributed by atoms with Gasteiger partial charge in [0, 0.05) is 18.7 Å². The van der Waals surface area contributed by atoms with E-state index < -0.39 is 0 Å². The number of halogens is 1. The van der Waals surface area contributed by atoms with Crippen LogP contribution in [-0.4, -0.2) is 22.9 Å². The summed E-state index contributed by atoms with van der Waals surface area (Å²) in [5.41, 5.74) is 1.15. The standard InChI is InChI=1S/C16H23BrN2O2/c1-3-12-4-7-14(8-5-12)18(2)11-13-6-9-15(17)16(10-13)19(20)21/h6,9-10,12,14H,3-5,7-8,11H2,1-2H3. The Balaban J connectivity index is 1.98. The second-order valence-corrected chi connectivity index (χ2v) is 6.90. The zero-order valence-electron chi connectivity index (χ0n) is 12.7. The summed E-state index contributed by atoms with van der Waals surface area (Å²) >= 11 is 3.23. The lowest BCUT2D eigenvalue weighted by Crippen LogP contribution is -2.34. The molecule has 2 rings (SSSR count). The van der Waals surface area contributed by atoms with E-state index in [1.807, 2.05) is 6.07 Å². The first-order chi connectivity index (χ1) is 10.0. The number of rotatable bonds is 5. The number of hydrogen-bond donors (Lipinski definition) is 0. The maximum Gasteiger partial charge on any atom is 0.283 e. The Kier molecular flexibility index (Phi) is 5.76. The van der Waals surface area contributed by atoms with Crippen molar-refractivity contribution < 1.29 is 4.92 Å². The van der Waals surface area contributed by atoms with E-state index in [2.05, 4.69) is 34.8 Å². The molecule has 1 aromatic rings. The van der Waals surface area contributed by atoms with Crippen molar-refractivity contribution >= 4 is 21.6 Å². The Morgan fingerprint density at radius 3 is 2.57 bits per heavy atom. The second kappa shape index (κ2) is 7.36. The van der Waals surface area contributed by atoms with Gasteiger partial charge < -0.3 is 0 Å². The number of benzene rings is 1. The Bertz CT molecular complexity index is 499. The molecule has 0 spiro atoms. The van der Waals surface area contributed by atoms with E-state index in [0.717, 1.165) is 18.0 Å². The number of nitro benzene ring substituents is 1. The average Bonchev–Trinajstić information content (AvgIpc) is 2.49. The van der Waals surface area contributed by atoms with Gasteiger partial charge in [-0.3, -0.25) is 15.0 Å². The highest BCUT2D eigenvalue weighted by Gasteiger charge is 2.23. The third kappa shape index (κ3) is 4.27. The van der Waals surface area contributed by atoms with E-state index in [-0.39, 0.29) is 10.6 Å². The van der Waals surface area contributed by atoms with Crippen molar-refractivity contribution in [3.05, 3.63) is 38.3 Å². The first kappa shape index (κ1) is 16.4. The molecule has 4 nitrogen and oxygen atoms in total. The summed E-state index contributed by atoms with van der Waals surface area (Å²) in [6.45, 7) is 3.05. The summed E-state index contributed by atoms with van der Waals surface area (Å²) < 4.78 is 0.544. The monoisotopic (exact) mass is 354 g/mol. The zero-order valence-corrected chi connectivity index (χ0v) is 14.3. The van der Waals surface area contributed by atoms with Gasteiger partial charge in [0.2, 0.25) is 0 Å². The van der Waals surface area contributed by atoms with E-state index >= 15 is 0 Å². The fraction of sp³-hybridized carbons (Fsp3) is 0.625. The molecule has 0 aromatic heterocycles. The van der Waals surface area contributed by atoms with Gasteiger partial charge in [0.25, 0.3) is 5.69 Å². The van der Waals surface area contributed by atoms with Crippen LogP contribution in [0.25, 0.3) is 0 Å². The highest BCUT2D eigenvalue weighted by atomic mass is 79.9. The molecule has 0 amide bonds. The first-order valence-corrected chi connectivity index (χ1v) is 8.43. The number of nitrogens with zero attached hydrogens (tertiary/aromatic N) is 2. The van der Waals surface area contributed by atoms with Crippen LogP contribution in [0.5, 0.6) is 0 Å². The summed E-state index contributed by atoms with van der Waals surface area (Å²) in [6.07, 6.45) is 6.40. The molecular weight excluding hydrogens is 332 g/mol. The van der Waals surface area contributed by atoms with Crippen LogP contribution >= 0.6 is 15.9 Å². The number of hydrogen-bond acceptors (Lipinski definition) is 3. The van der Waals surface area contributed by atoms with Crippen LogP contribution in [0.3, 0.4) is 0 Å². The Morgan fingerprint density at radius 2 is 2.00 bits per heavy atom. The van der Waals surface area contributed by atoms with Gasteiger partial charge in [-0.2, -0.15) is 0 Å². The zero-order chi connectivity index (χ0) is 15.4. The van der Waals surface area contributed by atoms with Crippen molar-refractivity contribution in [1.82, 2.24) is 4.90 Å². The van der Waals surface area contributed by atoms with Crippen molar-refractivity contribution in [3.63, 3.8) is 0 Å². The van der Waals surface area contributed by atoms with Gasteiger partial charge in [-0.25, -0.2) is 0 Å². The van der Waals surface area contributed by atoms with Crippen LogP contribution in [0.15, 0.2) is 22.7 Å². The van der Waals surface area contributed by atoms with E-state index in [0.29, 0.717) is 10.5 Å². The summed E-state index contributed by atoms with van der Waals surface area (Å²) in [5, 5.41) is 11.0. The molecule has 0 bridgehead atoms. The molecule has 1 aliphatic rings. The molecule has 0 atom stereocenters. The normalized spacial score (nSPS) is 22.5. The van der Waals surface area contributed by atoms with E-state index in [9.17, 15) is 10.1 Å². The van der Waals surface area contributed by atoms with Crippen molar-refractivity contribution in [2.75, 3.05) is 7.05 Å². The minimum atomic E-state index is -0.333. The average molecular weight is 355 g/mol. The van der Waals surface area contributed by atoms with E-state index in [4.69, 9.17) is 0 Å². The second-order valence-electron chi connectivity index (χ2n) is 6.04. The Labute approximate surface area is 134 Å². The molecule has 0 unspecified atom stereocenters. The molecule has 116 valence electrons. The van der Waals surface area contributed by atoms with Gasteiger partial charge in [0.1, 0.15) is 0 Å². The molecule has 21 heavy (non-hydrogen) atoms. The van der Waals surface area contributed by atoms with Crippen LogP contribution in [0.1, 0.15) is 44.6 Å². The minimum Gasteiger partial charge on any atom is -0.299 e. The molecule has 0 heterocycles. The SMILES string of the molecule is CCC1CCC(N(C)Cc2ccc(Br)c([N+](=O)[O-])c2)CC1. The van der Waals surface area contributed by atoms with Crippen LogP contribution in [0.2, 0.25) is 0 Å². The predicted molar refractivity (Wildman–Crippen MR) is 88.3 cm³/mol. The molecular formula is C16H23BrN2O2. The van der Waals surface area contributed by atoms with Gasteiger partial charge in [-0.05, 0) is 66.2 Å². The lowest BCUT2D eigenvalue weighted by molar-refractivity contribution is -0.385. The molecule has 0 saturated heterocycles. The van der Waals surface area contributed by atoms with Crippen LogP contribution in [0.4, 0.5) is 5.69 Å². The largest absolute Gasteiger partial charge is 0.299 e. The fourth-order valence-corrected chi connectivity index (χ4v) is 3.60. The van der Waals surface area contributed by atoms with Gasteiger partial charge >= 0.3 is 0 Å². The Hall–Kier alpha value is -0.940. The maximum absolute atomic E-state index is 11.0. The predicted octanol–water partition coefficient (Wildman–Crippen LogP) is 4.76. The summed E-state index contributed by atoms with van der Waals surface area (Å²) in [7, 11) is 2.13. The van der Waals surface area contributed by atoms with Crippen LogP contribution in [-0.2, 0) is 6.54 Å². The third-order valence-electron chi connectivity index (χ3n) is 4.66. The topological polar surface area (TPSA) is 46.4 Å². The van der Waals surface area contributed by atoms with Crippen LogP contribution in [0, 0.1) is 16.0 Å². The molecule has 1 aromatic carbocycles. The summed E-state index contributed by atoms with van der Waals surface area (Å²) in [6, 6.07) is 6.02. The minimum absolute atomic E-state index is 0.149. The first-order valence-electron chi connectivity index (χ1n) is 7.64. The van der Waals surface area contributed by atoms with Crippen LogP contribution < -0.4 is 0 Å². The summed E-state index contributed by atoms with van der Waals surface area (Å²) in [4.78, 5) is 13.0. The third-order valence-corrected chi connectivity index (χ3v) is 5.33. The van der Waals surface area contributed by atoms with Gasteiger partial charge in [-0.15, -0.1) is 0 Å². The molecule has 5 heteroatoms. The smallest absolute Gasteiger partial charge is 0.283 e. The molecule has 0 radical (unpaired) electrons. The van der Waals surface area contributed by atoms with Gasteiger partial charge in [0.15, 0.2) is 0 Å². The highest BCUT2D eigenvalue weighted by Crippen LogP contribution is 2.30. The lowest BCUT2D eigenvalue weighted by Gasteiger charge is -2.34. The van der Waals surface area contributed by atoms with Gasteiger partial charge in [0.05, 0.1) is 9.40 Å². The molecule has 1 fully saturated rings. The van der Waals surface area contributed by atoms with Crippen molar-refractivity contribution in [3.8, 4) is 0 Å². The molecule has 0 N–H and O–H groups in total. The fourth-order valence-electron chi connectivity index (χ4n) is 3.21.